The zero-order chi connectivity index (χ0) is 19.1. The number of carbonyl (C=O) groups is 2. The summed E-state index contributed by atoms with van der Waals surface area (Å²) in [5.74, 6) is -1.78. The third kappa shape index (κ3) is 5.80. The first-order valence-electron chi connectivity index (χ1n) is 7.63. The number of benzene rings is 2. The van der Waals surface area contributed by atoms with Crippen LogP contribution in [-0.4, -0.2) is 24.6 Å². The van der Waals surface area contributed by atoms with Crippen molar-refractivity contribution in [2.75, 3.05) is 0 Å². The average Bonchev–Trinajstić information content (AvgIpc) is 2.61. The van der Waals surface area contributed by atoms with E-state index in [1.807, 2.05) is 0 Å². The Morgan fingerprint density at radius 3 is 2.23 bits per heavy atom. The minimum absolute atomic E-state index is 0.0878. The summed E-state index contributed by atoms with van der Waals surface area (Å²) in [6, 6.07) is 10.5. The highest BCUT2D eigenvalue weighted by Gasteiger charge is 2.19. The van der Waals surface area contributed by atoms with Crippen LogP contribution in [0.5, 0.6) is 5.75 Å². The molecule has 0 spiro atoms. The SMILES string of the molecule is C[C@@H](OC(=O)c1ccc(OC(F)F)cc1)C(=O)NCc1ccc(F)cc1. The van der Waals surface area contributed by atoms with Gasteiger partial charge in [0.05, 0.1) is 5.56 Å². The second kappa shape index (κ2) is 8.89. The maximum atomic E-state index is 12.8. The van der Waals surface area contributed by atoms with Gasteiger partial charge in [-0.15, -0.1) is 0 Å². The number of rotatable bonds is 7. The van der Waals surface area contributed by atoms with Crippen LogP contribution in [0.25, 0.3) is 0 Å². The first kappa shape index (κ1) is 19.3. The van der Waals surface area contributed by atoms with Crippen LogP contribution in [0.2, 0.25) is 0 Å². The summed E-state index contributed by atoms with van der Waals surface area (Å²) in [6.45, 7) is -1.41. The molecule has 8 heteroatoms. The summed E-state index contributed by atoms with van der Waals surface area (Å²) in [4.78, 5) is 23.9. The molecule has 0 fully saturated rings. The number of nitrogens with one attached hydrogen (secondary N) is 1. The molecular weight excluding hydrogens is 351 g/mol. The molecule has 0 saturated carbocycles. The number of halogens is 3. The molecule has 0 aliphatic heterocycles. The second-order valence-corrected chi connectivity index (χ2v) is 5.29. The minimum atomic E-state index is -2.96. The largest absolute Gasteiger partial charge is 0.449 e. The van der Waals surface area contributed by atoms with Gasteiger partial charge >= 0.3 is 12.6 Å². The fraction of sp³-hybridized carbons (Fsp3) is 0.222. The zero-order valence-corrected chi connectivity index (χ0v) is 13.7. The van der Waals surface area contributed by atoms with Crippen LogP contribution in [0, 0.1) is 5.82 Å². The van der Waals surface area contributed by atoms with Gasteiger partial charge in [-0.05, 0) is 48.9 Å². The van der Waals surface area contributed by atoms with Gasteiger partial charge < -0.3 is 14.8 Å². The van der Waals surface area contributed by atoms with Gasteiger partial charge in [0.25, 0.3) is 5.91 Å². The Labute approximate surface area is 147 Å². The quantitative estimate of drug-likeness (QED) is 0.763. The Hall–Kier alpha value is -3.03. The highest BCUT2D eigenvalue weighted by molar-refractivity contribution is 5.92. The van der Waals surface area contributed by atoms with Crippen molar-refractivity contribution in [2.24, 2.45) is 0 Å². The summed E-state index contributed by atoms with van der Waals surface area (Å²) in [5, 5.41) is 2.56. The predicted molar refractivity (Wildman–Crippen MR) is 86.2 cm³/mol. The number of ether oxygens (including phenoxy) is 2. The molecule has 1 amide bonds. The lowest BCUT2D eigenvalue weighted by Crippen LogP contribution is -2.35. The lowest BCUT2D eigenvalue weighted by molar-refractivity contribution is -0.129. The van der Waals surface area contributed by atoms with Crippen molar-refractivity contribution < 1.29 is 32.2 Å². The van der Waals surface area contributed by atoms with Crippen LogP contribution in [0.1, 0.15) is 22.8 Å². The number of amides is 1. The third-order valence-electron chi connectivity index (χ3n) is 3.35. The summed E-state index contributed by atoms with van der Waals surface area (Å²) >= 11 is 0. The van der Waals surface area contributed by atoms with Crippen molar-refractivity contribution in [3.8, 4) is 5.75 Å². The molecule has 0 aliphatic carbocycles. The summed E-state index contributed by atoms with van der Waals surface area (Å²) < 4.78 is 46.2. The molecule has 0 bridgehead atoms. The number of carbonyl (C=O) groups excluding carboxylic acids is 2. The standard InChI is InChI=1S/C18H16F3NO4/c1-11(16(23)22-10-12-2-6-14(19)7-3-12)25-17(24)13-4-8-15(9-5-13)26-18(20)21/h2-9,11,18H,10H2,1H3,(H,22,23)/t11-/m1/s1. The summed E-state index contributed by atoms with van der Waals surface area (Å²) in [6.07, 6.45) is -1.07. The van der Waals surface area contributed by atoms with E-state index in [1.165, 1.54) is 55.5 Å². The Morgan fingerprint density at radius 2 is 1.65 bits per heavy atom. The molecule has 1 atom stereocenters. The Kier molecular flexibility index (Phi) is 6.60. The lowest BCUT2D eigenvalue weighted by Gasteiger charge is -2.14. The van der Waals surface area contributed by atoms with Crippen LogP contribution >= 0.6 is 0 Å². The molecule has 2 aromatic rings. The molecule has 1 N–H and O–H groups in total. The first-order valence-corrected chi connectivity index (χ1v) is 7.63. The normalized spacial score (nSPS) is 11.7. The van der Waals surface area contributed by atoms with E-state index in [9.17, 15) is 22.8 Å². The van der Waals surface area contributed by atoms with Gasteiger partial charge in [0.1, 0.15) is 11.6 Å². The van der Waals surface area contributed by atoms with Crippen LogP contribution < -0.4 is 10.1 Å². The van der Waals surface area contributed by atoms with E-state index in [0.29, 0.717) is 5.56 Å². The van der Waals surface area contributed by atoms with Crippen LogP contribution in [0.4, 0.5) is 13.2 Å². The van der Waals surface area contributed by atoms with E-state index in [4.69, 9.17) is 4.74 Å². The lowest BCUT2D eigenvalue weighted by atomic mass is 10.2. The third-order valence-corrected chi connectivity index (χ3v) is 3.35. The van der Waals surface area contributed by atoms with Gasteiger partial charge in [-0.3, -0.25) is 4.79 Å². The van der Waals surface area contributed by atoms with Gasteiger partial charge in [0, 0.05) is 6.54 Å². The highest BCUT2D eigenvalue weighted by atomic mass is 19.3. The molecule has 0 aliphatic rings. The fourth-order valence-electron chi connectivity index (χ4n) is 1.99. The van der Waals surface area contributed by atoms with E-state index in [0.717, 1.165) is 0 Å². The number of alkyl halides is 2. The Morgan fingerprint density at radius 1 is 1.04 bits per heavy atom. The van der Waals surface area contributed by atoms with Crippen molar-refractivity contribution in [1.82, 2.24) is 5.32 Å². The maximum absolute atomic E-state index is 12.8. The van der Waals surface area contributed by atoms with Crippen molar-refractivity contribution >= 4 is 11.9 Å². The van der Waals surface area contributed by atoms with E-state index >= 15 is 0 Å². The molecule has 0 radical (unpaired) electrons. The molecule has 0 heterocycles. The monoisotopic (exact) mass is 367 g/mol. The van der Waals surface area contributed by atoms with Crippen molar-refractivity contribution in [3.63, 3.8) is 0 Å². The maximum Gasteiger partial charge on any atom is 0.387 e. The highest BCUT2D eigenvalue weighted by Crippen LogP contribution is 2.16. The number of esters is 1. The smallest absolute Gasteiger partial charge is 0.387 e. The van der Waals surface area contributed by atoms with Gasteiger partial charge in [0.15, 0.2) is 6.10 Å². The van der Waals surface area contributed by atoms with Gasteiger partial charge in [-0.25, -0.2) is 9.18 Å². The van der Waals surface area contributed by atoms with Crippen LogP contribution in [0.15, 0.2) is 48.5 Å². The molecule has 138 valence electrons. The Bertz CT molecular complexity index is 748. The Balaban J connectivity index is 1.85. The molecule has 2 aromatic carbocycles. The van der Waals surface area contributed by atoms with Gasteiger partial charge in [0.2, 0.25) is 0 Å². The van der Waals surface area contributed by atoms with Crippen LogP contribution in [-0.2, 0) is 16.1 Å². The van der Waals surface area contributed by atoms with Crippen LogP contribution in [0.3, 0.4) is 0 Å². The average molecular weight is 367 g/mol. The molecule has 5 nitrogen and oxygen atoms in total. The zero-order valence-electron chi connectivity index (χ0n) is 13.7. The molecule has 2 rings (SSSR count). The number of hydrogen-bond donors (Lipinski definition) is 1. The van der Waals surface area contributed by atoms with E-state index in [-0.39, 0.29) is 23.7 Å². The number of hydrogen-bond acceptors (Lipinski definition) is 4. The predicted octanol–water partition coefficient (Wildman–Crippen LogP) is 3.29. The topological polar surface area (TPSA) is 64.6 Å². The van der Waals surface area contributed by atoms with E-state index in [2.05, 4.69) is 10.1 Å². The molecular formula is C18H16F3NO4. The van der Waals surface area contributed by atoms with Gasteiger partial charge in [-0.2, -0.15) is 8.78 Å². The van der Waals surface area contributed by atoms with E-state index < -0.39 is 24.6 Å². The van der Waals surface area contributed by atoms with Gasteiger partial charge in [-0.1, -0.05) is 12.1 Å². The minimum Gasteiger partial charge on any atom is -0.449 e. The van der Waals surface area contributed by atoms with Crippen molar-refractivity contribution in [1.29, 1.82) is 0 Å². The van der Waals surface area contributed by atoms with Crippen molar-refractivity contribution in [2.45, 2.75) is 26.2 Å². The first-order chi connectivity index (χ1) is 12.3. The fourth-order valence-corrected chi connectivity index (χ4v) is 1.99. The molecule has 0 aromatic heterocycles. The second-order valence-electron chi connectivity index (χ2n) is 5.29. The summed E-state index contributed by atoms with van der Waals surface area (Å²) in [5.41, 5.74) is 0.776. The molecule has 0 saturated heterocycles. The van der Waals surface area contributed by atoms with E-state index in [1.54, 1.807) is 0 Å². The molecule has 26 heavy (non-hydrogen) atoms. The summed E-state index contributed by atoms with van der Waals surface area (Å²) in [7, 11) is 0. The van der Waals surface area contributed by atoms with Crippen molar-refractivity contribution in [3.05, 3.63) is 65.5 Å². The molecule has 0 unspecified atom stereocenters.